The van der Waals surface area contributed by atoms with Crippen LogP contribution < -0.4 is 10.1 Å². The van der Waals surface area contributed by atoms with Gasteiger partial charge in [0.1, 0.15) is 11.4 Å². The summed E-state index contributed by atoms with van der Waals surface area (Å²) in [6, 6.07) is 8.54. The summed E-state index contributed by atoms with van der Waals surface area (Å²) in [6.45, 7) is 1.08. The van der Waals surface area contributed by atoms with Crippen LogP contribution >= 0.6 is 0 Å². The summed E-state index contributed by atoms with van der Waals surface area (Å²) in [7, 11) is 2.05. The van der Waals surface area contributed by atoms with Crippen molar-refractivity contribution in [2.24, 2.45) is 5.92 Å². The van der Waals surface area contributed by atoms with Gasteiger partial charge in [0, 0.05) is 18.9 Å². The fourth-order valence-corrected chi connectivity index (χ4v) is 3.51. The zero-order chi connectivity index (χ0) is 11.7. The predicted octanol–water partition coefficient (Wildman–Crippen LogP) is 2.77. The monoisotopic (exact) mass is 231 g/mol. The molecule has 1 aliphatic heterocycles. The molecule has 0 unspecified atom stereocenters. The highest BCUT2D eigenvalue weighted by molar-refractivity contribution is 5.39. The van der Waals surface area contributed by atoms with Crippen molar-refractivity contribution < 1.29 is 4.74 Å². The zero-order valence-corrected chi connectivity index (χ0v) is 10.5. The zero-order valence-electron chi connectivity index (χ0n) is 10.5. The van der Waals surface area contributed by atoms with E-state index in [0.29, 0.717) is 5.92 Å². The molecule has 1 aliphatic carbocycles. The minimum Gasteiger partial charge on any atom is -0.486 e. The molecule has 1 fully saturated rings. The van der Waals surface area contributed by atoms with E-state index < -0.39 is 0 Å². The van der Waals surface area contributed by atoms with Crippen molar-refractivity contribution in [1.82, 2.24) is 5.32 Å². The highest BCUT2D eigenvalue weighted by Crippen LogP contribution is 2.46. The van der Waals surface area contributed by atoms with Gasteiger partial charge in [-0.15, -0.1) is 0 Å². The van der Waals surface area contributed by atoms with Crippen LogP contribution in [0.2, 0.25) is 0 Å². The van der Waals surface area contributed by atoms with Crippen LogP contribution in [0.4, 0.5) is 0 Å². The second kappa shape index (κ2) is 4.34. The maximum absolute atomic E-state index is 6.36. The van der Waals surface area contributed by atoms with Crippen LogP contribution in [0.25, 0.3) is 0 Å². The van der Waals surface area contributed by atoms with Crippen molar-refractivity contribution in [1.29, 1.82) is 0 Å². The summed E-state index contributed by atoms with van der Waals surface area (Å²) in [5.41, 5.74) is 1.49. The normalized spacial score (nSPS) is 31.2. The van der Waals surface area contributed by atoms with Gasteiger partial charge in [0.25, 0.3) is 0 Å². The Balaban J connectivity index is 1.87. The lowest BCUT2D eigenvalue weighted by Gasteiger charge is -2.40. The molecule has 1 aromatic rings. The number of hydrogen-bond acceptors (Lipinski definition) is 2. The van der Waals surface area contributed by atoms with E-state index in [1.807, 2.05) is 7.05 Å². The first-order chi connectivity index (χ1) is 8.34. The van der Waals surface area contributed by atoms with E-state index in [4.69, 9.17) is 4.74 Å². The topological polar surface area (TPSA) is 21.3 Å². The molecule has 2 nitrogen and oxygen atoms in total. The van der Waals surface area contributed by atoms with Crippen molar-refractivity contribution in [3.63, 3.8) is 0 Å². The van der Waals surface area contributed by atoms with Crippen LogP contribution in [-0.2, 0) is 6.42 Å². The van der Waals surface area contributed by atoms with Crippen LogP contribution in [0.3, 0.4) is 0 Å². The van der Waals surface area contributed by atoms with Gasteiger partial charge >= 0.3 is 0 Å². The van der Waals surface area contributed by atoms with Gasteiger partial charge < -0.3 is 10.1 Å². The van der Waals surface area contributed by atoms with E-state index in [2.05, 4.69) is 29.6 Å². The van der Waals surface area contributed by atoms with Gasteiger partial charge in [0.05, 0.1) is 0 Å². The Morgan fingerprint density at radius 3 is 3.06 bits per heavy atom. The fourth-order valence-electron chi connectivity index (χ4n) is 3.51. The Morgan fingerprint density at radius 1 is 1.35 bits per heavy atom. The largest absolute Gasteiger partial charge is 0.486 e. The summed E-state index contributed by atoms with van der Waals surface area (Å²) in [4.78, 5) is 0. The Hall–Kier alpha value is -1.02. The Bertz CT molecular complexity index is 375. The third-order valence-electron chi connectivity index (χ3n) is 4.37. The molecule has 1 N–H and O–H groups in total. The Labute approximate surface area is 103 Å². The first-order valence-electron chi connectivity index (χ1n) is 6.75. The smallest absolute Gasteiger partial charge is 0.123 e. The molecule has 0 aromatic heterocycles. The van der Waals surface area contributed by atoms with Crippen LogP contribution in [-0.4, -0.2) is 19.2 Å². The fraction of sp³-hybridized carbons (Fsp3) is 0.600. The number of benzene rings is 1. The molecule has 1 saturated carbocycles. The maximum atomic E-state index is 6.36. The second-order valence-corrected chi connectivity index (χ2v) is 5.45. The van der Waals surface area contributed by atoms with E-state index in [-0.39, 0.29) is 5.60 Å². The van der Waals surface area contributed by atoms with Gasteiger partial charge in [-0.05, 0) is 37.9 Å². The number of hydrogen-bond donors (Lipinski definition) is 1. The molecule has 0 bridgehead atoms. The number of nitrogens with one attached hydrogen (secondary N) is 1. The SMILES string of the molecule is CNC[C@H]1CCCC[C@]12Cc1ccccc1O2. The van der Waals surface area contributed by atoms with Crippen LogP contribution in [0.5, 0.6) is 5.75 Å². The van der Waals surface area contributed by atoms with Gasteiger partial charge in [0.15, 0.2) is 0 Å². The van der Waals surface area contributed by atoms with Gasteiger partial charge in [0.2, 0.25) is 0 Å². The van der Waals surface area contributed by atoms with Crippen LogP contribution in [0, 0.1) is 5.92 Å². The molecular formula is C15H21NO. The average Bonchev–Trinajstić information content (AvgIpc) is 2.71. The Morgan fingerprint density at radius 2 is 2.24 bits per heavy atom. The third-order valence-corrected chi connectivity index (χ3v) is 4.37. The minimum absolute atomic E-state index is 0.0882. The number of para-hydroxylation sites is 1. The van der Waals surface area contributed by atoms with Gasteiger partial charge in [-0.25, -0.2) is 0 Å². The summed E-state index contributed by atoms with van der Waals surface area (Å²) >= 11 is 0. The number of fused-ring (bicyclic) bond motifs is 1. The van der Waals surface area contributed by atoms with E-state index >= 15 is 0 Å². The molecule has 0 saturated heterocycles. The molecule has 0 radical (unpaired) electrons. The lowest BCUT2D eigenvalue weighted by atomic mass is 9.73. The molecule has 92 valence electrons. The maximum Gasteiger partial charge on any atom is 0.123 e. The summed E-state index contributed by atoms with van der Waals surface area (Å²) < 4.78 is 6.36. The van der Waals surface area contributed by atoms with Gasteiger partial charge in [-0.3, -0.25) is 0 Å². The molecule has 0 amide bonds. The predicted molar refractivity (Wildman–Crippen MR) is 69.4 cm³/mol. The summed E-state index contributed by atoms with van der Waals surface area (Å²) in [5.74, 6) is 1.78. The van der Waals surface area contributed by atoms with E-state index in [0.717, 1.165) is 18.7 Å². The van der Waals surface area contributed by atoms with E-state index in [1.165, 1.54) is 31.2 Å². The average molecular weight is 231 g/mol. The molecule has 17 heavy (non-hydrogen) atoms. The highest BCUT2D eigenvalue weighted by atomic mass is 16.5. The van der Waals surface area contributed by atoms with Crippen LogP contribution in [0.1, 0.15) is 31.2 Å². The van der Waals surface area contributed by atoms with Crippen molar-refractivity contribution in [3.8, 4) is 5.75 Å². The molecule has 2 atom stereocenters. The van der Waals surface area contributed by atoms with E-state index in [9.17, 15) is 0 Å². The minimum atomic E-state index is 0.0882. The first-order valence-corrected chi connectivity index (χ1v) is 6.75. The molecule has 2 heteroatoms. The first kappa shape index (κ1) is 11.1. The summed E-state index contributed by atoms with van der Waals surface area (Å²) in [6.07, 6.45) is 6.29. The molecule has 1 heterocycles. The Kier molecular flexibility index (Phi) is 2.83. The molecule has 2 aliphatic rings. The molecule has 3 rings (SSSR count). The van der Waals surface area contributed by atoms with E-state index in [1.54, 1.807) is 0 Å². The standard InChI is InChI=1S/C15H21NO/c1-16-11-13-7-4-5-9-15(13)10-12-6-2-3-8-14(12)17-15/h2-3,6,8,13,16H,4-5,7,9-11H2,1H3/t13-,15+/m1/s1. The van der Waals surface area contributed by atoms with Crippen LogP contribution in [0.15, 0.2) is 24.3 Å². The summed E-state index contributed by atoms with van der Waals surface area (Å²) in [5, 5.41) is 3.34. The number of ether oxygens (including phenoxy) is 1. The molecular weight excluding hydrogens is 210 g/mol. The van der Waals surface area contributed by atoms with Gasteiger partial charge in [-0.2, -0.15) is 0 Å². The quantitative estimate of drug-likeness (QED) is 0.845. The lowest BCUT2D eigenvalue weighted by molar-refractivity contribution is -0.00381. The number of rotatable bonds is 2. The van der Waals surface area contributed by atoms with Crippen molar-refractivity contribution in [2.45, 2.75) is 37.7 Å². The van der Waals surface area contributed by atoms with Crippen molar-refractivity contribution in [3.05, 3.63) is 29.8 Å². The van der Waals surface area contributed by atoms with Crippen molar-refractivity contribution >= 4 is 0 Å². The lowest BCUT2D eigenvalue weighted by Crippen LogP contribution is -2.48. The highest BCUT2D eigenvalue weighted by Gasteiger charge is 2.46. The third kappa shape index (κ3) is 1.85. The second-order valence-electron chi connectivity index (χ2n) is 5.45. The molecule has 1 aromatic carbocycles. The van der Waals surface area contributed by atoms with Gasteiger partial charge in [-0.1, -0.05) is 24.6 Å². The van der Waals surface area contributed by atoms with Crippen molar-refractivity contribution in [2.75, 3.05) is 13.6 Å². The molecule has 1 spiro atoms.